The van der Waals surface area contributed by atoms with E-state index in [1.54, 1.807) is 0 Å². The maximum absolute atomic E-state index is 5.98. The molecule has 23 heavy (non-hydrogen) atoms. The Bertz CT molecular complexity index is 645. The summed E-state index contributed by atoms with van der Waals surface area (Å²) in [6.45, 7) is 5.39. The molecule has 1 fully saturated rings. The Balaban J connectivity index is 1.73. The van der Waals surface area contributed by atoms with Gasteiger partial charge >= 0.3 is 0 Å². The highest BCUT2D eigenvalue weighted by molar-refractivity contribution is 5.47. The zero-order valence-electron chi connectivity index (χ0n) is 14.1. The molecule has 1 unspecified atom stereocenters. The van der Waals surface area contributed by atoms with Gasteiger partial charge in [-0.3, -0.25) is 14.9 Å². The van der Waals surface area contributed by atoms with Crippen molar-refractivity contribution >= 4 is 5.69 Å². The fourth-order valence-electron chi connectivity index (χ4n) is 2.84. The second-order valence-corrected chi connectivity index (χ2v) is 6.20. The monoisotopic (exact) mass is 312 g/mol. The first kappa shape index (κ1) is 15.9. The number of ether oxygens (including phenoxy) is 1. The summed E-state index contributed by atoms with van der Waals surface area (Å²) < 4.78 is 5.98. The third-order valence-electron chi connectivity index (χ3n) is 4.07. The molecule has 5 heteroatoms. The Hall–Kier alpha value is -1.98. The highest BCUT2D eigenvalue weighted by atomic mass is 16.5. The highest BCUT2D eigenvalue weighted by Gasteiger charge is 2.24. The number of pyridine rings is 2. The molecule has 122 valence electrons. The van der Waals surface area contributed by atoms with Crippen LogP contribution in [0.4, 0.5) is 5.69 Å². The summed E-state index contributed by atoms with van der Waals surface area (Å²) in [4.78, 5) is 13.6. The molecule has 1 aliphatic rings. The molecule has 0 aromatic carbocycles. The third-order valence-corrected chi connectivity index (χ3v) is 4.07. The molecule has 1 saturated heterocycles. The van der Waals surface area contributed by atoms with E-state index in [9.17, 15) is 0 Å². The van der Waals surface area contributed by atoms with Crippen LogP contribution in [0, 0.1) is 6.92 Å². The number of nitrogens with zero attached hydrogens (tertiary/aromatic N) is 4. The third kappa shape index (κ3) is 4.06. The molecule has 0 saturated carbocycles. The Morgan fingerprint density at radius 3 is 2.91 bits per heavy atom. The molecule has 0 N–H and O–H groups in total. The van der Waals surface area contributed by atoms with Gasteiger partial charge in [0.25, 0.3) is 0 Å². The predicted molar refractivity (Wildman–Crippen MR) is 91.5 cm³/mol. The lowest BCUT2D eigenvalue weighted by Crippen LogP contribution is -2.38. The van der Waals surface area contributed by atoms with Gasteiger partial charge < -0.3 is 9.64 Å². The van der Waals surface area contributed by atoms with Crippen molar-refractivity contribution in [2.75, 3.05) is 38.7 Å². The Morgan fingerprint density at radius 2 is 2.17 bits per heavy atom. The van der Waals surface area contributed by atoms with Crippen molar-refractivity contribution < 1.29 is 4.74 Å². The average molecular weight is 312 g/mol. The van der Waals surface area contributed by atoms with Crippen LogP contribution >= 0.6 is 0 Å². The van der Waals surface area contributed by atoms with Crippen LogP contribution in [0.15, 0.2) is 36.5 Å². The van der Waals surface area contributed by atoms with Crippen molar-refractivity contribution in [1.29, 1.82) is 0 Å². The number of anilines is 1. The Morgan fingerprint density at radius 1 is 1.30 bits per heavy atom. The van der Waals surface area contributed by atoms with E-state index >= 15 is 0 Å². The Kier molecular flexibility index (Phi) is 4.88. The molecule has 2 aromatic rings. The van der Waals surface area contributed by atoms with Crippen molar-refractivity contribution in [3.05, 3.63) is 53.6 Å². The normalized spacial score (nSPS) is 18.8. The standard InChI is InChI=1S/C18H24N4O/c1-14-10-16(21(2)3)11-17(20-14)18-13-22(8-9-23-18)12-15-6-4-5-7-19-15/h4-7,10-11,18H,8-9,12-13H2,1-3H3. The molecule has 1 aliphatic heterocycles. The quantitative estimate of drug-likeness (QED) is 0.867. The van der Waals surface area contributed by atoms with E-state index in [2.05, 4.69) is 38.0 Å². The van der Waals surface area contributed by atoms with Crippen molar-refractivity contribution in [2.24, 2.45) is 0 Å². The minimum atomic E-state index is 0.0195. The summed E-state index contributed by atoms with van der Waals surface area (Å²) in [6.07, 6.45) is 1.87. The fraction of sp³-hybridized carbons (Fsp3) is 0.444. The molecule has 0 radical (unpaired) electrons. The number of aryl methyl sites for hydroxylation is 1. The van der Waals surface area contributed by atoms with Crippen LogP contribution in [0.3, 0.4) is 0 Å². The largest absolute Gasteiger partial charge is 0.378 e. The van der Waals surface area contributed by atoms with Gasteiger partial charge in [-0.05, 0) is 31.2 Å². The lowest BCUT2D eigenvalue weighted by atomic mass is 10.1. The molecule has 5 nitrogen and oxygen atoms in total. The Labute approximate surface area is 137 Å². The van der Waals surface area contributed by atoms with E-state index in [0.29, 0.717) is 0 Å². The zero-order chi connectivity index (χ0) is 16.2. The molecule has 1 atom stereocenters. The van der Waals surface area contributed by atoms with Gasteiger partial charge in [0.05, 0.1) is 18.0 Å². The second kappa shape index (κ2) is 7.06. The van der Waals surface area contributed by atoms with Gasteiger partial charge in [-0.1, -0.05) is 6.07 Å². The lowest BCUT2D eigenvalue weighted by molar-refractivity contribution is -0.0353. The maximum Gasteiger partial charge on any atom is 0.112 e. The summed E-state index contributed by atoms with van der Waals surface area (Å²) in [5, 5.41) is 0. The topological polar surface area (TPSA) is 41.5 Å². The van der Waals surface area contributed by atoms with Gasteiger partial charge in [0, 0.05) is 51.3 Å². The first-order chi connectivity index (χ1) is 11.1. The highest BCUT2D eigenvalue weighted by Crippen LogP contribution is 2.25. The van der Waals surface area contributed by atoms with Gasteiger partial charge in [0.1, 0.15) is 6.10 Å². The number of rotatable bonds is 4. The number of morpholine rings is 1. The van der Waals surface area contributed by atoms with Gasteiger partial charge in [-0.15, -0.1) is 0 Å². The van der Waals surface area contributed by atoms with E-state index < -0.39 is 0 Å². The molecule has 0 spiro atoms. The van der Waals surface area contributed by atoms with Crippen LogP contribution in [0.25, 0.3) is 0 Å². The van der Waals surface area contributed by atoms with Crippen LogP contribution < -0.4 is 4.90 Å². The van der Waals surface area contributed by atoms with E-state index in [1.807, 2.05) is 39.3 Å². The second-order valence-electron chi connectivity index (χ2n) is 6.20. The molecule has 2 aromatic heterocycles. The van der Waals surface area contributed by atoms with Gasteiger partial charge in [0.2, 0.25) is 0 Å². The minimum absolute atomic E-state index is 0.0195. The molecule has 0 amide bonds. The van der Waals surface area contributed by atoms with Crippen molar-refractivity contribution in [3.63, 3.8) is 0 Å². The maximum atomic E-state index is 5.98. The fourth-order valence-corrected chi connectivity index (χ4v) is 2.84. The average Bonchev–Trinajstić information content (AvgIpc) is 2.55. The van der Waals surface area contributed by atoms with Crippen LogP contribution in [-0.4, -0.2) is 48.7 Å². The summed E-state index contributed by atoms with van der Waals surface area (Å²) in [5.41, 5.74) is 4.30. The van der Waals surface area contributed by atoms with E-state index in [1.165, 1.54) is 0 Å². The summed E-state index contributed by atoms with van der Waals surface area (Å²) in [7, 11) is 4.10. The molecule has 3 heterocycles. The van der Waals surface area contributed by atoms with Crippen molar-refractivity contribution in [1.82, 2.24) is 14.9 Å². The first-order valence-corrected chi connectivity index (χ1v) is 8.01. The number of aromatic nitrogens is 2. The number of hydrogen-bond acceptors (Lipinski definition) is 5. The summed E-state index contributed by atoms with van der Waals surface area (Å²) in [5.74, 6) is 0. The van der Waals surface area contributed by atoms with Crippen LogP contribution in [0.5, 0.6) is 0 Å². The SMILES string of the molecule is Cc1cc(N(C)C)cc(C2CN(Cc3ccccn3)CCO2)n1. The molecule has 3 rings (SSSR count). The van der Waals surface area contributed by atoms with Crippen LogP contribution in [0.1, 0.15) is 23.2 Å². The van der Waals surface area contributed by atoms with Crippen LogP contribution in [-0.2, 0) is 11.3 Å². The molecular weight excluding hydrogens is 288 g/mol. The number of hydrogen-bond donors (Lipinski definition) is 0. The zero-order valence-corrected chi connectivity index (χ0v) is 14.1. The van der Waals surface area contributed by atoms with Crippen molar-refractivity contribution in [3.8, 4) is 0 Å². The summed E-state index contributed by atoms with van der Waals surface area (Å²) >= 11 is 0. The van der Waals surface area contributed by atoms with E-state index in [0.717, 1.165) is 49.0 Å². The van der Waals surface area contributed by atoms with Gasteiger partial charge in [-0.2, -0.15) is 0 Å². The van der Waals surface area contributed by atoms with Gasteiger partial charge in [-0.25, -0.2) is 0 Å². The van der Waals surface area contributed by atoms with Crippen LogP contribution in [0.2, 0.25) is 0 Å². The summed E-state index contributed by atoms with van der Waals surface area (Å²) in [6, 6.07) is 10.3. The lowest BCUT2D eigenvalue weighted by Gasteiger charge is -2.32. The minimum Gasteiger partial charge on any atom is -0.378 e. The first-order valence-electron chi connectivity index (χ1n) is 8.01. The predicted octanol–water partition coefficient (Wildman–Crippen LogP) is 2.42. The molecule has 0 bridgehead atoms. The van der Waals surface area contributed by atoms with Crippen molar-refractivity contribution in [2.45, 2.75) is 19.6 Å². The van der Waals surface area contributed by atoms with Gasteiger partial charge in [0.15, 0.2) is 0 Å². The van der Waals surface area contributed by atoms with E-state index in [-0.39, 0.29) is 6.10 Å². The molecular formula is C18H24N4O. The smallest absolute Gasteiger partial charge is 0.112 e. The van der Waals surface area contributed by atoms with E-state index in [4.69, 9.17) is 4.74 Å². The molecule has 0 aliphatic carbocycles.